The molecule has 0 N–H and O–H groups in total. The Morgan fingerprint density at radius 3 is 1.82 bits per heavy atom. The summed E-state index contributed by atoms with van der Waals surface area (Å²) in [6.07, 6.45) is 0. The van der Waals surface area contributed by atoms with E-state index in [2.05, 4.69) is 222 Å². The highest BCUT2D eigenvalue weighted by Gasteiger charge is 2.43. The maximum absolute atomic E-state index is 7.13. The van der Waals surface area contributed by atoms with Crippen LogP contribution in [-0.4, -0.2) is 6.71 Å². The van der Waals surface area contributed by atoms with E-state index in [0.717, 1.165) is 45.4 Å². The summed E-state index contributed by atoms with van der Waals surface area (Å²) in [4.78, 5) is 4.85. The van der Waals surface area contributed by atoms with Crippen molar-refractivity contribution in [3.63, 3.8) is 0 Å². The highest BCUT2D eigenvalue weighted by molar-refractivity contribution is 7.25. The van der Waals surface area contributed by atoms with Gasteiger partial charge >= 0.3 is 0 Å². The van der Waals surface area contributed by atoms with E-state index in [9.17, 15) is 0 Å². The zero-order chi connectivity index (χ0) is 40.0. The van der Waals surface area contributed by atoms with E-state index >= 15 is 0 Å². The van der Waals surface area contributed by atoms with Crippen LogP contribution in [0.5, 0.6) is 11.5 Å². The van der Waals surface area contributed by atoms with E-state index in [4.69, 9.17) is 4.74 Å². The van der Waals surface area contributed by atoms with Crippen molar-refractivity contribution >= 4 is 110 Å². The van der Waals surface area contributed by atoms with Crippen LogP contribution >= 0.6 is 11.3 Å². The van der Waals surface area contributed by atoms with Crippen LogP contribution in [-0.2, 0) is 0 Å². The van der Waals surface area contributed by atoms with Crippen LogP contribution < -0.4 is 30.9 Å². The van der Waals surface area contributed by atoms with Crippen molar-refractivity contribution in [2.24, 2.45) is 0 Å². The second kappa shape index (κ2) is 13.5. The quantitative estimate of drug-likeness (QED) is 0.127. The van der Waals surface area contributed by atoms with Gasteiger partial charge in [-0.25, -0.2) is 0 Å². The van der Waals surface area contributed by atoms with Crippen molar-refractivity contribution in [2.45, 2.75) is 0 Å². The normalized spacial score (nSPS) is 12.7. The first kappa shape index (κ1) is 34.3. The zero-order valence-electron chi connectivity index (χ0n) is 33.0. The molecule has 13 rings (SSSR count). The third kappa shape index (κ3) is 5.24. The zero-order valence-corrected chi connectivity index (χ0v) is 33.8. The Morgan fingerprint density at radius 2 is 1.02 bits per heavy atom. The lowest BCUT2D eigenvalue weighted by atomic mass is 9.33. The molecule has 0 aliphatic carbocycles. The van der Waals surface area contributed by atoms with Gasteiger partial charge in [-0.15, -0.1) is 11.3 Å². The predicted molar refractivity (Wildman–Crippen MR) is 260 cm³/mol. The molecule has 3 nitrogen and oxygen atoms in total. The van der Waals surface area contributed by atoms with E-state index in [-0.39, 0.29) is 6.71 Å². The van der Waals surface area contributed by atoms with E-state index in [1.807, 2.05) is 11.3 Å². The number of para-hydroxylation sites is 1. The lowest BCUT2D eigenvalue weighted by molar-refractivity contribution is 0.487. The summed E-state index contributed by atoms with van der Waals surface area (Å²) in [5, 5.41) is 7.56. The van der Waals surface area contributed by atoms with E-state index in [0.29, 0.717) is 0 Å². The molecule has 0 amide bonds. The summed E-state index contributed by atoms with van der Waals surface area (Å²) >= 11 is 1.85. The van der Waals surface area contributed by atoms with Gasteiger partial charge in [-0.05, 0) is 110 Å². The minimum atomic E-state index is -0.0550. The standard InChI is InChI=1S/C56H35BN2OS/c1-3-14-36(15-4-1)37-26-28-39(29-27-37)58(40-31-33-53-47(34-40)44-20-11-12-25-52(44)61-53)41-30-32-48-51(35-41)60-50-24-13-23-49-55(50)57(48)54-45-21-9-7-18-42(45)43-19-8-10-22-46(43)56(54)59(49)38-16-5-2-6-17-38/h1-35H. The van der Waals surface area contributed by atoms with Gasteiger partial charge in [0.2, 0.25) is 0 Å². The van der Waals surface area contributed by atoms with Crippen molar-refractivity contribution in [1.29, 1.82) is 0 Å². The van der Waals surface area contributed by atoms with Crippen molar-refractivity contribution in [1.82, 2.24) is 0 Å². The molecule has 11 aromatic rings. The maximum Gasteiger partial charge on any atom is 0.257 e. The Morgan fingerprint density at radius 1 is 0.410 bits per heavy atom. The molecule has 0 unspecified atom stereocenters. The van der Waals surface area contributed by atoms with Gasteiger partial charge in [0, 0.05) is 65.7 Å². The Labute approximate surface area is 358 Å². The molecule has 2 aliphatic heterocycles. The van der Waals surface area contributed by atoms with Crippen LogP contribution in [0.4, 0.5) is 34.1 Å². The first-order valence-corrected chi connectivity index (χ1v) is 21.7. The van der Waals surface area contributed by atoms with Crippen molar-refractivity contribution in [3.05, 3.63) is 212 Å². The van der Waals surface area contributed by atoms with Crippen LogP contribution in [0, 0.1) is 0 Å². The lowest BCUT2D eigenvalue weighted by Gasteiger charge is -2.41. The number of nitrogens with zero attached hydrogens (tertiary/aromatic N) is 2. The molecule has 10 aromatic carbocycles. The Hall–Kier alpha value is -7.60. The third-order valence-corrected chi connectivity index (χ3v) is 13.8. The summed E-state index contributed by atoms with van der Waals surface area (Å²) in [6, 6.07) is 77.2. The fourth-order valence-corrected chi connectivity index (χ4v) is 11.1. The highest BCUT2D eigenvalue weighted by Crippen LogP contribution is 2.47. The van der Waals surface area contributed by atoms with Crippen LogP contribution in [0.1, 0.15) is 0 Å². The number of ether oxygens (including phenoxy) is 1. The fourth-order valence-electron chi connectivity index (χ4n) is 10.1. The number of fused-ring (bicyclic) bond motifs is 12. The topological polar surface area (TPSA) is 15.7 Å². The number of hydrogen-bond donors (Lipinski definition) is 0. The molecule has 5 heteroatoms. The van der Waals surface area contributed by atoms with Gasteiger partial charge in [0.15, 0.2) is 0 Å². The number of anilines is 6. The summed E-state index contributed by atoms with van der Waals surface area (Å²) in [5.41, 5.74) is 12.8. The minimum Gasteiger partial charge on any atom is -0.458 e. The molecule has 1 aromatic heterocycles. The number of benzene rings is 10. The van der Waals surface area contributed by atoms with Crippen LogP contribution in [0.3, 0.4) is 0 Å². The number of rotatable bonds is 5. The minimum absolute atomic E-state index is 0.0550. The summed E-state index contributed by atoms with van der Waals surface area (Å²) in [5.74, 6) is 1.76. The predicted octanol–water partition coefficient (Wildman–Crippen LogP) is 13.9. The molecule has 0 saturated carbocycles. The van der Waals surface area contributed by atoms with Gasteiger partial charge in [0.05, 0.1) is 0 Å². The fraction of sp³-hybridized carbons (Fsp3) is 0. The molecule has 0 bridgehead atoms. The van der Waals surface area contributed by atoms with Crippen LogP contribution in [0.25, 0.3) is 52.8 Å². The lowest BCUT2D eigenvalue weighted by Crippen LogP contribution is -2.59. The van der Waals surface area contributed by atoms with Crippen molar-refractivity contribution in [2.75, 3.05) is 9.80 Å². The maximum atomic E-state index is 7.13. The van der Waals surface area contributed by atoms with Gasteiger partial charge in [0.25, 0.3) is 6.71 Å². The molecule has 3 heterocycles. The largest absolute Gasteiger partial charge is 0.458 e. The van der Waals surface area contributed by atoms with Gasteiger partial charge in [-0.2, -0.15) is 0 Å². The smallest absolute Gasteiger partial charge is 0.257 e. The van der Waals surface area contributed by atoms with E-state index < -0.39 is 0 Å². The number of thiophene rings is 1. The summed E-state index contributed by atoms with van der Waals surface area (Å²) in [7, 11) is 0. The first-order valence-electron chi connectivity index (χ1n) is 20.9. The van der Waals surface area contributed by atoms with E-state index in [1.54, 1.807) is 0 Å². The average Bonchev–Trinajstić information content (AvgIpc) is 3.70. The summed E-state index contributed by atoms with van der Waals surface area (Å²) < 4.78 is 9.71. The Bertz CT molecular complexity index is 3530. The SMILES string of the molecule is c1ccc(-c2ccc(N(c3ccc4c(c3)Oc3cccc5c3B4c3c(c4ccccc4c4ccccc34)N5c3ccccc3)c3ccc4sc5ccccc5c4c3)cc2)cc1. The Balaban J connectivity index is 1.04. The molecular formula is C56H35BN2OS. The monoisotopic (exact) mass is 794 g/mol. The first-order chi connectivity index (χ1) is 30.3. The third-order valence-electron chi connectivity index (χ3n) is 12.7. The molecule has 0 fully saturated rings. The summed E-state index contributed by atoms with van der Waals surface area (Å²) in [6.45, 7) is -0.0550. The average molecular weight is 795 g/mol. The van der Waals surface area contributed by atoms with Gasteiger partial charge in [0.1, 0.15) is 11.5 Å². The second-order valence-corrected chi connectivity index (χ2v) is 17.1. The molecule has 2 aliphatic rings. The van der Waals surface area contributed by atoms with Gasteiger partial charge in [-0.3, -0.25) is 0 Å². The molecule has 0 atom stereocenters. The second-order valence-electron chi connectivity index (χ2n) is 16.0. The van der Waals surface area contributed by atoms with E-state index in [1.165, 1.54) is 69.5 Å². The molecular weight excluding hydrogens is 760 g/mol. The highest BCUT2D eigenvalue weighted by atomic mass is 32.1. The van der Waals surface area contributed by atoms with Gasteiger partial charge < -0.3 is 14.5 Å². The van der Waals surface area contributed by atoms with Gasteiger partial charge in [-0.1, -0.05) is 140 Å². The molecule has 61 heavy (non-hydrogen) atoms. The molecule has 284 valence electrons. The molecule has 0 radical (unpaired) electrons. The molecule has 0 saturated heterocycles. The van der Waals surface area contributed by atoms with Crippen LogP contribution in [0.15, 0.2) is 212 Å². The Kier molecular flexibility index (Phi) is 7.57. The van der Waals surface area contributed by atoms with Crippen molar-refractivity contribution < 1.29 is 4.74 Å². The molecule has 0 spiro atoms. The number of hydrogen-bond acceptors (Lipinski definition) is 4. The van der Waals surface area contributed by atoms with Crippen LogP contribution in [0.2, 0.25) is 0 Å². The van der Waals surface area contributed by atoms with Crippen molar-refractivity contribution in [3.8, 4) is 22.6 Å².